The number of nitrogens with zero attached hydrogens (tertiary/aromatic N) is 3. The van der Waals surface area contributed by atoms with Crippen molar-refractivity contribution in [1.29, 1.82) is 0 Å². The molecule has 1 aliphatic rings. The number of nitro benzene ring substituents is 1. The van der Waals surface area contributed by atoms with E-state index < -0.39 is 22.0 Å². The molecule has 1 fully saturated rings. The number of amidine groups is 1. The number of nitrogens with one attached hydrogen (secondary N) is 1. The van der Waals surface area contributed by atoms with Crippen molar-refractivity contribution in [1.82, 2.24) is 0 Å². The maximum atomic E-state index is 14.1. The summed E-state index contributed by atoms with van der Waals surface area (Å²) in [6.07, 6.45) is 3.61. The lowest BCUT2D eigenvalue weighted by atomic mass is 9.64. The molecule has 0 bridgehead atoms. The van der Waals surface area contributed by atoms with E-state index in [0.717, 1.165) is 31.2 Å². The largest absolute Gasteiger partial charge is 0.390 e. The molecule has 0 aromatic heterocycles. The molecule has 156 valence electrons. The number of hydrogen-bond donors (Lipinski definition) is 2. The molecule has 3 rings (SSSR count). The van der Waals surface area contributed by atoms with E-state index in [1.807, 2.05) is 0 Å². The van der Waals surface area contributed by atoms with Crippen molar-refractivity contribution in [2.45, 2.75) is 24.7 Å². The smallest absolute Gasteiger partial charge is 0.293 e. The van der Waals surface area contributed by atoms with E-state index in [1.165, 1.54) is 13.1 Å². The molecule has 0 unspecified atom stereocenters. The molecule has 10 heteroatoms. The number of halogens is 2. The van der Waals surface area contributed by atoms with Crippen LogP contribution in [0, 0.1) is 21.7 Å². The van der Waals surface area contributed by atoms with E-state index in [2.05, 4.69) is 15.3 Å². The summed E-state index contributed by atoms with van der Waals surface area (Å²) < 4.78 is 27.3. The van der Waals surface area contributed by atoms with Crippen LogP contribution in [0.3, 0.4) is 0 Å². The van der Waals surface area contributed by atoms with Crippen LogP contribution in [-0.4, -0.2) is 30.4 Å². The fourth-order valence-corrected chi connectivity index (χ4v) is 3.49. The standard InChI is InChI=1S/C20H19F2N5O3/c1-24-18-14(20(10-28)5-2-6-20)7-12(8-17(18)27(29)30)19(25-11-23)26-16-4-3-13(21)9-15(16)22/h3-4,7-11,24H,2,5-6H2,1H3,(H2,23,25,26). The van der Waals surface area contributed by atoms with Gasteiger partial charge >= 0.3 is 0 Å². The number of aldehydes is 1. The van der Waals surface area contributed by atoms with E-state index >= 15 is 0 Å². The fraction of sp³-hybridized carbons (Fsp3) is 0.250. The molecule has 0 spiro atoms. The molecule has 0 amide bonds. The fourth-order valence-electron chi connectivity index (χ4n) is 3.49. The highest BCUT2D eigenvalue weighted by molar-refractivity contribution is 6.05. The van der Waals surface area contributed by atoms with Crippen LogP contribution in [-0.2, 0) is 10.2 Å². The van der Waals surface area contributed by atoms with Crippen LogP contribution in [0.4, 0.5) is 25.8 Å². The van der Waals surface area contributed by atoms with Gasteiger partial charge in [-0.15, -0.1) is 0 Å². The molecule has 0 saturated heterocycles. The van der Waals surface area contributed by atoms with E-state index in [0.29, 0.717) is 24.5 Å². The lowest BCUT2D eigenvalue weighted by molar-refractivity contribution is -0.384. The maximum absolute atomic E-state index is 14.1. The summed E-state index contributed by atoms with van der Waals surface area (Å²) in [4.78, 5) is 31.0. The van der Waals surface area contributed by atoms with Gasteiger partial charge in [0.15, 0.2) is 11.7 Å². The Morgan fingerprint density at radius 1 is 1.30 bits per heavy atom. The Hall–Kier alpha value is -3.69. The van der Waals surface area contributed by atoms with Gasteiger partial charge in [0.25, 0.3) is 5.69 Å². The summed E-state index contributed by atoms with van der Waals surface area (Å²) in [5, 5.41) is 14.5. The predicted octanol–water partition coefficient (Wildman–Crippen LogP) is 3.60. The molecule has 1 aliphatic carbocycles. The highest BCUT2D eigenvalue weighted by Crippen LogP contribution is 2.47. The molecule has 8 nitrogen and oxygen atoms in total. The summed E-state index contributed by atoms with van der Waals surface area (Å²) in [5.41, 5.74) is 4.87. The van der Waals surface area contributed by atoms with E-state index in [4.69, 9.17) is 5.73 Å². The molecule has 0 aliphatic heterocycles. The molecular formula is C20H19F2N5O3. The molecule has 0 atom stereocenters. The minimum Gasteiger partial charge on any atom is -0.390 e. The third-order valence-corrected chi connectivity index (χ3v) is 5.16. The number of benzene rings is 2. The number of carbonyl (C=O) groups excluding carboxylic acids is 1. The molecule has 2 aromatic carbocycles. The SMILES string of the molecule is CNc1c([N+](=O)[O-])cc(C(N=CN)=Nc2ccc(F)cc2F)cc1C1(C=O)CCC1. The molecule has 30 heavy (non-hydrogen) atoms. The maximum Gasteiger partial charge on any atom is 0.293 e. The van der Waals surface area contributed by atoms with Crippen molar-refractivity contribution in [2.75, 3.05) is 12.4 Å². The quantitative estimate of drug-likeness (QED) is 0.245. The first-order valence-corrected chi connectivity index (χ1v) is 9.10. The predicted molar refractivity (Wildman–Crippen MR) is 109 cm³/mol. The van der Waals surface area contributed by atoms with Gasteiger partial charge in [-0.25, -0.2) is 18.8 Å². The summed E-state index contributed by atoms with van der Waals surface area (Å²) in [7, 11) is 1.53. The highest BCUT2D eigenvalue weighted by Gasteiger charge is 2.42. The summed E-state index contributed by atoms with van der Waals surface area (Å²) in [6, 6.07) is 5.60. The number of aliphatic imine (C=N–C) groups is 2. The van der Waals surface area contributed by atoms with Gasteiger partial charge in [0.1, 0.15) is 23.5 Å². The van der Waals surface area contributed by atoms with Crippen molar-refractivity contribution >= 4 is 35.5 Å². The number of anilines is 1. The first-order chi connectivity index (χ1) is 14.3. The van der Waals surface area contributed by atoms with Gasteiger partial charge in [0.2, 0.25) is 0 Å². The van der Waals surface area contributed by atoms with Crippen LogP contribution in [0.15, 0.2) is 40.3 Å². The van der Waals surface area contributed by atoms with E-state index in [1.54, 1.807) is 6.07 Å². The van der Waals surface area contributed by atoms with Crippen LogP contribution < -0.4 is 11.1 Å². The van der Waals surface area contributed by atoms with Gasteiger partial charge < -0.3 is 15.8 Å². The Labute approximate surface area is 170 Å². The zero-order chi connectivity index (χ0) is 21.9. The Kier molecular flexibility index (Phi) is 5.86. The van der Waals surface area contributed by atoms with Crippen molar-refractivity contribution in [3.8, 4) is 0 Å². The third-order valence-electron chi connectivity index (χ3n) is 5.16. The highest BCUT2D eigenvalue weighted by atomic mass is 19.1. The second-order valence-electron chi connectivity index (χ2n) is 6.86. The normalized spacial score (nSPS) is 15.6. The first-order valence-electron chi connectivity index (χ1n) is 9.10. The van der Waals surface area contributed by atoms with Crippen LogP contribution in [0.1, 0.15) is 30.4 Å². The summed E-state index contributed by atoms with van der Waals surface area (Å²) in [6.45, 7) is 0. The molecular weight excluding hydrogens is 396 g/mol. The van der Waals surface area contributed by atoms with Crippen LogP contribution in [0.5, 0.6) is 0 Å². The number of nitro groups is 1. The van der Waals surface area contributed by atoms with Crippen LogP contribution >= 0.6 is 0 Å². The minimum atomic E-state index is -0.926. The lowest BCUT2D eigenvalue weighted by Crippen LogP contribution is -2.36. The molecule has 1 saturated carbocycles. The van der Waals surface area contributed by atoms with Crippen molar-refractivity contribution in [3.63, 3.8) is 0 Å². The zero-order valence-electron chi connectivity index (χ0n) is 16.1. The molecule has 0 radical (unpaired) electrons. The van der Waals surface area contributed by atoms with Gasteiger partial charge in [-0.1, -0.05) is 6.42 Å². The topological polar surface area (TPSA) is 123 Å². The van der Waals surface area contributed by atoms with E-state index in [9.17, 15) is 23.7 Å². The Morgan fingerprint density at radius 2 is 2.03 bits per heavy atom. The van der Waals surface area contributed by atoms with Gasteiger partial charge in [0.05, 0.1) is 16.7 Å². The number of hydrogen-bond acceptors (Lipinski definition) is 5. The average Bonchev–Trinajstić information content (AvgIpc) is 2.68. The van der Waals surface area contributed by atoms with Crippen molar-refractivity contribution in [3.05, 3.63) is 63.2 Å². The summed E-state index contributed by atoms with van der Waals surface area (Å²) >= 11 is 0. The average molecular weight is 415 g/mol. The minimum absolute atomic E-state index is 0.115. The molecule has 2 aromatic rings. The third kappa shape index (κ3) is 3.76. The van der Waals surface area contributed by atoms with Gasteiger partial charge in [-0.2, -0.15) is 0 Å². The van der Waals surface area contributed by atoms with Gasteiger partial charge in [-0.3, -0.25) is 10.1 Å². The zero-order valence-corrected chi connectivity index (χ0v) is 16.1. The van der Waals surface area contributed by atoms with Gasteiger partial charge in [0, 0.05) is 24.7 Å². The molecule has 3 N–H and O–H groups in total. The summed E-state index contributed by atoms with van der Waals surface area (Å²) in [5.74, 6) is -1.82. The van der Waals surface area contributed by atoms with Gasteiger partial charge in [-0.05, 0) is 36.6 Å². The van der Waals surface area contributed by atoms with Crippen molar-refractivity contribution < 1.29 is 18.5 Å². The number of carbonyl (C=O) groups is 1. The van der Waals surface area contributed by atoms with Crippen LogP contribution in [0.25, 0.3) is 0 Å². The Balaban J connectivity index is 2.26. The Morgan fingerprint density at radius 3 is 2.53 bits per heavy atom. The number of rotatable bonds is 6. The van der Waals surface area contributed by atoms with Crippen LogP contribution in [0.2, 0.25) is 0 Å². The second-order valence-corrected chi connectivity index (χ2v) is 6.86. The van der Waals surface area contributed by atoms with Crippen molar-refractivity contribution in [2.24, 2.45) is 15.7 Å². The van der Waals surface area contributed by atoms with E-state index in [-0.39, 0.29) is 28.5 Å². The monoisotopic (exact) mass is 415 g/mol. The number of nitrogens with two attached hydrogens (primary N) is 1. The lowest BCUT2D eigenvalue weighted by Gasteiger charge is -2.38. The second kappa shape index (κ2) is 8.36. The Bertz CT molecular complexity index is 1060. The first kappa shape index (κ1) is 21.0. The molecule has 0 heterocycles.